The van der Waals surface area contributed by atoms with Crippen LogP contribution in [0.1, 0.15) is 19.8 Å². The van der Waals surface area contributed by atoms with Gasteiger partial charge in [-0.05, 0) is 5.92 Å². The number of hydrogen-bond donors (Lipinski definition) is 2. The van der Waals surface area contributed by atoms with Crippen LogP contribution in [0.15, 0.2) is 5.16 Å². The van der Waals surface area contributed by atoms with E-state index in [0.29, 0.717) is 39.1 Å². The fourth-order valence-corrected chi connectivity index (χ4v) is 1.63. The van der Waals surface area contributed by atoms with Crippen LogP contribution >= 0.6 is 0 Å². The summed E-state index contributed by atoms with van der Waals surface area (Å²) in [5.74, 6) is 0.291. The number of carbonyl (C=O) groups excluding carboxylic acids is 1. The third kappa shape index (κ3) is 8.39. The third-order valence-electron chi connectivity index (χ3n) is 2.66. The normalized spacial score (nSPS) is 13.3. The van der Waals surface area contributed by atoms with E-state index in [9.17, 15) is 4.79 Å². The topological polar surface area (TPSA) is 97.4 Å². The van der Waals surface area contributed by atoms with E-state index in [0.717, 1.165) is 0 Å². The fourth-order valence-electron chi connectivity index (χ4n) is 1.63. The molecule has 0 aliphatic rings. The highest BCUT2D eigenvalue weighted by Crippen LogP contribution is 2.06. The van der Waals surface area contributed by atoms with Gasteiger partial charge in [-0.25, -0.2) is 0 Å². The lowest BCUT2D eigenvalue weighted by Gasteiger charge is -2.23. The third-order valence-corrected chi connectivity index (χ3v) is 2.66. The number of methoxy groups -OCH3 is 2. The minimum Gasteiger partial charge on any atom is -0.409 e. The van der Waals surface area contributed by atoms with Gasteiger partial charge in [-0.15, -0.1) is 0 Å². The van der Waals surface area contributed by atoms with Gasteiger partial charge in [0.05, 0.1) is 6.61 Å². The van der Waals surface area contributed by atoms with E-state index in [1.54, 1.807) is 19.1 Å². The molecule has 0 aliphatic heterocycles. The summed E-state index contributed by atoms with van der Waals surface area (Å²) in [5.41, 5.74) is 5.41. The first-order valence-electron chi connectivity index (χ1n) is 6.27. The molecule has 1 atom stereocenters. The summed E-state index contributed by atoms with van der Waals surface area (Å²) >= 11 is 0. The van der Waals surface area contributed by atoms with Crippen LogP contribution in [0.3, 0.4) is 0 Å². The zero-order valence-electron chi connectivity index (χ0n) is 12.0. The molecule has 7 heteroatoms. The van der Waals surface area contributed by atoms with E-state index < -0.39 is 0 Å². The summed E-state index contributed by atoms with van der Waals surface area (Å²) in [4.78, 5) is 13.8. The van der Waals surface area contributed by atoms with Crippen LogP contribution in [0.4, 0.5) is 0 Å². The molecule has 0 bridgehead atoms. The number of amidine groups is 1. The molecule has 0 aliphatic carbocycles. The molecular formula is C12H25N3O4. The van der Waals surface area contributed by atoms with E-state index in [2.05, 4.69) is 5.16 Å². The largest absolute Gasteiger partial charge is 0.409 e. The SMILES string of the molecule is COCCN(CCC(N)=NO)C(=O)CC(C)COC. The number of carbonyl (C=O) groups is 1. The molecule has 0 rings (SSSR count). The Labute approximate surface area is 114 Å². The molecule has 0 saturated carbocycles. The van der Waals surface area contributed by atoms with E-state index >= 15 is 0 Å². The van der Waals surface area contributed by atoms with Gasteiger partial charge in [0.1, 0.15) is 5.84 Å². The Morgan fingerprint density at radius 1 is 1.37 bits per heavy atom. The zero-order valence-corrected chi connectivity index (χ0v) is 12.0. The van der Waals surface area contributed by atoms with Gasteiger partial charge in [-0.2, -0.15) is 0 Å². The van der Waals surface area contributed by atoms with Gasteiger partial charge >= 0.3 is 0 Å². The summed E-state index contributed by atoms with van der Waals surface area (Å²) in [6, 6.07) is 0. The average Bonchev–Trinajstić information content (AvgIpc) is 2.38. The minimum atomic E-state index is 0.0207. The Kier molecular flexibility index (Phi) is 9.82. The van der Waals surface area contributed by atoms with Crippen molar-refractivity contribution in [3.05, 3.63) is 0 Å². The predicted molar refractivity (Wildman–Crippen MR) is 72.1 cm³/mol. The van der Waals surface area contributed by atoms with Crippen LogP contribution in [-0.4, -0.2) is 62.4 Å². The maximum Gasteiger partial charge on any atom is 0.223 e. The summed E-state index contributed by atoms with van der Waals surface area (Å²) < 4.78 is 9.99. The first kappa shape index (κ1) is 17.7. The van der Waals surface area contributed by atoms with Crippen molar-refractivity contribution in [3.63, 3.8) is 0 Å². The Morgan fingerprint density at radius 3 is 2.58 bits per heavy atom. The Morgan fingerprint density at radius 2 is 2.05 bits per heavy atom. The first-order valence-corrected chi connectivity index (χ1v) is 6.27. The molecule has 0 fully saturated rings. The molecule has 19 heavy (non-hydrogen) atoms. The molecule has 1 amide bonds. The molecule has 3 N–H and O–H groups in total. The fraction of sp³-hybridized carbons (Fsp3) is 0.833. The standard InChI is InChI=1S/C12H25N3O4/c1-10(9-19-3)8-12(16)15(6-7-18-2)5-4-11(13)14-17/h10,17H,4-9H2,1-3H3,(H2,13,14). The van der Waals surface area contributed by atoms with Gasteiger partial charge in [0.2, 0.25) is 5.91 Å². The highest BCUT2D eigenvalue weighted by atomic mass is 16.5. The Balaban J connectivity index is 4.33. The number of amides is 1. The minimum absolute atomic E-state index is 0.0207. The van der Waals surface area contributed by atoms with Gasteiger partial charge in [-0.3, -0.25) is 4.79 Å². The van der Waals surface area contributed by atoms with E-state index in [1.807, 2.05) is 6.92 Å². The zero-order chi connectivity index (χ0) is 14.7. The highest BCUT2D eigenvalue weighted by molar-refractivity contribution is 5.81. The van der Waals surface area contributed by atoms with Gasteiger partial charge in [0, 0.05) is 46.8 Å². The molecular weight excluding hydrogens is 250 g/mol. The molecule has 0 aromatic rings. The van der Waals surface area contributed by atoms with Crippen molar-refractivity contribution >= 4 is 11.7 Å². The molecule has 7 nitrogen and oxygen atoms in total. The molecule has 0 saturated heterocycles. The van der Waals surface area contributed by atoms with Crippen molar-refractivity contribution in [2.75, 3.05) is 40.5 Å². The van der Waals surface area contributed by atoms with Crippen LogP contribution in [-0.2, 0) is 14.3 Å². The summed E-state index contributed by atoms with van der Waals surface area (Å²) in [7, 11) is 3.20. The molecule has 0 aromatic heterocycles. The van der Waals surface area contributed by atoms with Crippen molar-refractivity contribution in [1.82, 2.24) is 4.90 Å². The van der Waals surface area contributed by atoms with Crippen LogP contribution in [0.5, 0.6) is 0 Å². The van der Waals surface area contributed by atoms with Crippen molar-refractivity contribution < 1.29 is 19.5 Å². The molecule has 0 heterocycles. The van der Waals surface area contributed by atoms with E-state index in [1.165, 1.54) is 0 Å². The second-order valence-corrected chi connectivity index (χ2v) is 4.48. The maximum absolute atomic E-state index is 12.1. The van der Waals surface area contributed by atoms with Crippen LogP contribution in [0, 0.1) is 5.92 Å². The summed E-state index contributed by atoms with van der Waals surface area (Å²) in [6.45, 7) is 3.87. The summed E-state index contributed by atoms with van der Waals surface area (Å²) in [6.07, 6.45) is 0.748. The van der Waals surface area contributed by atoms with Crippen molar-refractivity contribution in [2.45, 2.75) is 19.8 Å². The number of nitrogens with two attached hydrogens (primary N) is 1. The molecule has 0 aromatic carbocycles. The van der Waals surface area contributed by atoms with Crippen LogP contribution < -0.4 is 5.73 Å². The average molecular weight is 275 g/mol. The number of nitrogens with zero attached hydrogens (tertiary/aromatic N) is 2. The smallest absolute Gasteiger partial charge is 0.223 e. The lowest BCUT2D eigenvalue weighted by Crippen LogP contribution is -2.37. The summed E-state index contributed by atoms with van der Waals surface area (Å²) in [5, 5.41) is 11.4. The molecule has 0 radical (unpaired) electrons. The van der Waals surface area contributed by atoms with Gasteiger partial charge in [0.25, 0.3) is 0 Å². The number of hydrogen-bond acceptors (Lipinski definition) is 5. The van der Waals surface area contributed by atoms with E-state index in [4.69, 9.17) is 20.4 Å². The van der Waals surface area contributed by atoms with Crippen molar-refractivity contribution in [1.29, 1.82) is 0 Å². The van der Waals surface area contributed by atoms with Gasteiger partial charge in [0.15, 0.2) is 0 Å². The second-order valence-electron chi connectivity index (χ2n) is 4.48. The van der Waals surface area contributed by atoms with Crippen molar-refractivity contribution in [2.24, 2.45) is 16.8 Å². The lowest BCUT2D eigenvalue weighted by atomic mass is 10.1. The van der Waals surface area contributed by atoms with Gasteiger partial charge in [-0.1, -0.05) is 12.1 Å². The maximum atomic E-state index is 12.1. The quantitative estimate of drug-likeness (QED) is 0.258. The number of ether oxygens (including phenoxy) is 2. The van der Waals surface area contributed by atoms with Crippen molar-refractivity contribution in [3.8, 4) is 0 Å². The van der Waals surface area contributed by atoms with Crippen LogP contribution in [0.25, 0.3) is 0 Å². The highest BCUT2D eigenvalue weighted by Gasteiger charge is 2.16. The monoisotopic (exact) mass is 275 g/mol. The second kappa shape index (κ2) is 10.6. The lowest BCUT2D eigenvalue weighted by molar-refractivity contribution is -0.133. The van der Waals surface area contributed by atoms with Gasteiger partial charge < -0.3 is 25.3 Å². The van der Waals surface area contributed by atoms with Crippen LogP contribution in [0.2, 0.25) is 0 Å². The molecule has 1 unspecified atom stereocenters. The molecule has 112 valence electrons. The van der Waals surface area contributed by atoms with E-state index in [-0.39, 0.29) is 17.7 Å². The number of oxime groups is 1. The predicted octanol–water partition coefficient (Wildman–Crippen LogP) is 0.271. The number of rotatable bonds is 10. The first-order chi connectivity index (χ1) is 9.04. The Bertz CT molecular complexity index is 284. The molecule has 0 spiro atoms. The Hall–Kier alpha value is -1.34.